The Balaban J connectivity index is 1.70. The van der Waals surface area contributed by atoms with Gasteiger partial charge in [0.15, 0.2) is 0 Å². The molecule has 6 nitrogen and oxygen atoms in total. The van der Waals surface area contributed by atoms with Crippen molar-refractivity contribution >= 4 is 17.4 Å². The van der Waals surface area contributed by atoms with Gasteiger partial charge in [0.05, 0.1) is 0 Å². The molecule has 0 fully saturated rings. The van der Waals surface area contributed by atoms with Gasteiger partial charge in [-0.2, -0.15) is 0 Å². The summed E-state index contributed by atoms with van der Waals surface area (Å²) < 4.78 is 5.80. The molecule has 0 bridgehead atoms. The van der Waals surface area contributed by atoms with Gasteiger partial charge in [-0.3, -0.25) is 4.79 Å². The molecule has 3 aromatic rings. The number of benzene rings is 1. The van der Waals surface area contributed by atoms with Crippen LogP contribution in [0.1, 0.15) is 23.7 Å². The average Bonchev–Trinajstić information content (AvgIpc) is 2.69. The van der Waals surface area contributed by atoms with E-state index >= 15 is 0 Å². The lowest BCUT2D eigenvalue weighted by atomic mass is 10.2. The molecular weight excluding hydrogens is 328 g/mol. The lowest BCUT2D eigenvalue weighted by Gasteiger charge is -2.11. The molecule has 2 heterocycles. The molecule has 2 aromatic heterocycles. The molecule has 1 amide bonds. The number of nitrogens with one attached hydrogen (secondary N) is 2. The largest absolute Gasteiger partial charge is 0.438 e. The van der Waals surface area contributed by atoms with Crippen LogP contribution in [0.15, 0.2) is 67.0 Å². The smallest absolute Gasteiger partial charge is 0.256 e. The summed E-state index contributed by atoms with van der Waals surface area (Å²) in [6, 6.07) is 16.5. The summed E-state index contributed by atoms with van der Waals surface area (Å²) in [7, 11) is 0. The second kappa shape index (κ2) is 8.62. The number of carbonyl (C=O) groups is 1. The second-order valence-electron chi connectivity index (χ2n) is 5.58. The normalized spacial score (nSPS) is 10.2. The van der Waals surface area contributed by atoms with E-state index in [0.717, 1.165) is 17.9 Å². The van der Waals surface area contributed by atoms with Crippen molar-refractivity contribution in [3.63, 3.8) is 0 Å². The minimum absolute atomic E-state index is 0.191. The van der Waals surface area contributed by atoms with E-state index in [-0.39, 0.29) is 11.8 Å². The number of pyridine rings is 2. The molecule has 0 aliphatic rings. The highest BCUT2D eigenvalue weighted by Crippen LogP contribution is 2.25. The van der Waals surface area contributed by atoms with Crippen LogP contribution in [0.4, 0.5) is 11.5 Å². The van der Waals surface area contributed by atoms with Crippen molar-refractivity contribution in [3.05, 3.63) is 72.6 Å². The van der Waals surface area contributed by atoms with Gasteiger partial charge in [-0.25, -0.2) is 9.97 Å². The second-order valence-corrected chi connectivity index (χ2v) is 5.58. The number of anilines is 2. The molecule has 0 unspecified atom stereocenters. The summed E-state index contributed by atoms with van der Waals surface area (Å²) in [5, 5.41) is 6.04. The molecule has 0 radical (unpaired) electrons. The number of carbonyl (C=O) groups excluding carboxylic acids is 1. The zero-order chi connectivity index (χ0) is 18.2. The first kappa shape index (κ1) is 17.4. The van der Waals surface area contributed by atoms with Crippen LogP contribution in [0.2, 0.25) is 0 Å². The Kier molecular flexibility index (Phi) is 5.77. The van der Waals surface area contributed by atoms with Crippen LogP contribution in [0, 0.1) is 0 Å². The maximum Gasteiger partial charge on any atom is 0.256 e. The van der Waals surface area contributed by atoms with Crippen LogP contribution in [0.3, 0.4) is 0 Å². The highest BCUT2D eigenvalue weighted by molar-refractivity contribution is 5.96. The van der Waals surface area contributed by atoms with Crippen molar-refractivity contribution in [2.45, 2.75) is 13.3 Å². The molecule has 0 aliphatic carbocycles. The van der Waals surface area contributed by atoms with E-state index < -0.39 is 0 Å². The fourth-order valence-corrected chi connectivity index (χ4v) is 2.28. The molecule has 132 valence electrons. The van der Waals surface area contributed by atoms with Gasteiger partial charge < -0.3 is 15.4 Å². The third-order valence-electron chi connectivity index (χ3n) is 3.56. The molecule has 3 rings (SSSR count). The molecular formula is C20H20N4O2. The quantitative estimate of drug-likeness (QED) is 0.671. The Hall–Kier alpha value is -3.41. The average molecular weight is 348 g/mol. The van der Waals surface area contributed by atoms with Crippen LogP contribution < -0.4 is 15.4 Å². The number of rotatable bonds is 7. The van der Waals surface area contributed by atoms with Gasteiger partial charge in [0.2, 0.25) is 5.88 Å². The van der Waals surface area contributed by atoms with Crippen LogP contribution in [0.25, 0.3) is 0 Å². The summed E-state index contributed by atoms with van der Waals surface area (Å²) in [6.07, 6.45) is 4.20. The summed E-state index contributed by atoms with van der Waals surface area (Å²) in [6.45, 7) is 2.61. The molecule has 0 saturated carbocycles. The summed E-state index contributed by atoms with van der Waals surface area (Å²) in [4.78, 5) is 20.6. The molecule has 1 aromatic carbocycles. The van der Waals surface area contributed by atoms with E-state index in [9.17, 15) is 4.79 Å². The Morgan fingerprint density at radius 3 is 2.54 bits per heavy atom. The van der Waals surface area contributed by atoms with Crippen LogP contribution in [0.5, 0.6) is 11.6 Å². The predicted octanol–water partition coefficient (Wildman–Crippen LogP) is 4.15. The molecule has 26 heavy (non-hydrogen) atoms. The topological polar surface area (TPSA) is 76.1 Å². The first-order valence-corrected chi connectivity index (χ1v) is 8.45. The van der Waals surface area contributed by atoms with Gasteiger partial charge in [0.1, 0.15) is 17.1 Å². The van der Waals surface area contributed by atoms with Crippen LogP contribution in [-0.2, 0) is 0 Å². The van der Waals surface area contributed by atoms with E-state index in [1.807, 2.05) is 49.4 Å². The van der Waals surface area contributed by atoms with Crippen molar-refractivity contribution in [1.82, 2.24) is 15.3 Å². The summed E-state index contributed by atoms with van der Waals surface area (Å²) in [5.41, 5.74) is 1.30. The summed E-state index contributed by atoms with van der Waals surface area (Å²) >= 11 is 0. The van der Waals surface area contributed by atoms with E-state index in [1.165, 1.54) is 0 Å². The summed E-state index contributed by atoms with van der Waals surface area (Å²) in [5.74, 6) is 1.45. The maximum absolute atomic E-state index is 12.2. The minimum Gasteiger partial charge on any atom is -0.438 e. The van der Waals surface area contributed by atoms with E-state index in [1.54, 1.807) is 24.5 Å². The van der Waals surface area contributed by atoms with Crippen molar-refractivity contribution in [3.8, 4) is 11.6 Å². The van der Waals surface area contributed by atoms with Gasteiger partial charge >= 0.3 is 0 Å². The third kappa shape index (κ3) is 4.57. The van der Waals surface area contributed by atoms with Crippen LogP contribution >= 0.6 is 0 Å². The molecule has 2 N–H and O–H groups in total. The van der Waals surface area contributed by atoms with E-state index in [4.69, 9.17) is 4.74 Å². The number of ether oxygens (including phenoxy) is 1. The lowest BCUT2D eigenvalue weighted by Crippen LogP contribution is -2.24. The molecule has 0 saturated heterocycles. The molecule has 0 atom stereocenters. The fourth-order valence-electron chi connectivity index (χ4n) is 2.28. The van der Waals surface area contributed by atoms with E-state index in [0.29, 0.717) is 17.9 Å². The minimum atomic E-state index is -0.191. The molecule has 0 aliphatic heterocycles. The van der Waals surface area contributed by atoms with Gasteiger partial charge in [-0.05, 0) is 55.0 Å². The Labute approximate surface area is 152 Å². The first-order valence-electron chi connectivity index (χ1n) is 8.45. The predicted molar refractivity (Wildman–Crippen MR) is 101 cm³/mol. The zero-order valence-electron chi connectivity index (χ0n) is 14.5. The Morgan fingerprint density at radius 1 is 1.00 bits per heavy atom. The van der Waals surface area contributed by atoms with E-state index in [2.05, 4.69) is 20.6 Å². The standard InChI is InChI=1S/C20H20N4O2/c1-2-12-22-19(25)17-6-5-14-23-20(17)26-16-10-8-15(9-11-16)24-18-7-3-4-13-21-18/h3-11,13-14H,2,12H2,1H3,(H,21,24)(H,22,25). The highest BCUT2D eigenvalue weighted by Gasteiger charge is 2.13. The Morgan fingerprint density at radius 2 is 1.81 bits per heavy atom. The third-order valence-corrected chi connectivity index (χ3v) is 3.56. The lowest BCUT2D eigenvalue weighted by molar-refractivity contribution is 0.0950. The van der Waals surface area contributed by atoms with Crippen molar-refractivity contribution < 1.29 is 9.53 Å². The number of aromatic nitrogens is 2. The monoisotopic (exact) mass is 348 g/mol. The van der Waals surface area contributed by atoms with Crippen LogP contribution in [-0.4, -0.2) is 22.4 Å². The van der Waals surface area contributed by atoms with Gasteiger partial charge in [0.25, 0.3) is 5.91 Å². The number of amides is 1. The van der Waals surface area contributed by atoms with Crippen molar-refractivity contribution in [2.75, 3.05) is 11.9 Å². The molecule has 6 heteroatoms. The Bertz CT molecular complexity index is 851. The number of nitrogens with zero attached hydrogens (tertiary/aromatic N) is 2. The van der Waals surface area contributed by atoms with Gasteiger partial charge in [-0.15, -0.1) is 0 Å². The zero-order valence-corrected chi connectivity index (χ0v) is 14.5. The number of hydrogen-bond donors (Lipinski definition) is 2. The molecule has 0 spiro atoms. The van der Waals surface area contributed by atoms with Gasteiger partial charge in [0, 0.05) is 24.6 Å². The number of hydrogen-bond acceptors (Lipinski definition) is 5. The van der Waals surface area contributed by atoms with Gasteiger partial charge in [-0.1, -0.05) is 13.0 Å². The maximum atomic E-state index is 12.2. The fraction of sp³-hybridized carbons (Fsp3) is 0.150. The first-order chi connectivity index (χ1) is 12.8. The SMILES string of the molecule is CCCNC(=O)c1cccnc1Oc1ccc(Nc2ccccn2)cc1. The van der Waals surface area contributed by atoms with Crippen molar-refractivity contribution in [2.24, 2.45) is 0 Å². The highest BCUT2D eigenvalue weighted by atomic mass is 16.5. The van der Waals surface area contributed by atoms with Crippen molar-refractivity contribution in [1.29, 1.82) is 0 Å².